The lowest BCUT2D eigenvalue weighted by Crippen LogP contribution is -2.49. The number of ether oxygens (including phenoxy) is 1. The van der Waals surface area contributed by atoms with Crippen LogP contribution in [0.3, 0.4) is 0 Å². The van der Waals surface area contributed by atoms with Crippen LogP contribution in [0.5, 0.6) is 5.75 Å². The number of hydrogen-bond donors (Lipinski definition) is 3. The number of methoxy groups -OCH3 is 1. The molecule has 1 aromatic carbocycles. The molecule has 0 unspecified atom stereocenters. The molecule has 118 valence electrons. The van der Waals surface area contributed by atoms with Crippen molar-refractivity contribution in [2.75, 3.05) is 31.6 Å². The molecule has 8 nitrogen and oxygen atoms in total. The molecule has 1 aliphatic heterocycles. The number of urea groups is 1. The van der Waals surface area contributed by atoms with Gasteiger partial charge in [-0.05, 0) is 18.2 Å². The van der Waals surface area contributed by atoms with Crippen LogP contribution in [-0.2, 0) is 4.79 Å². The van der Waals surface area contributed by atoms with E-state index < -0.39 is 6.03 Å². The van der Waals surface area contributed by atoms with E-state index in [1.54, 1.807) is 18.2 Å². The number of rotatable bonds is 5. The Hall–Kier alpha value is -2.61. The average Bonchev–Trinajstić information content (AvgIpc) is 2.52. The summed E-state index contributed by atoms with van der Waals surface area (Å²) in [6.07, 6.45) is 0.193. The maximum Gasteiger partial charge on any atom is 0.328 e. The number of nitrogens with zero attached hydrogens (tertiary/aromatic N) is 1. The Balaban J connectivity index is 2.30. The molecule has 1 saturated heterocycles. The van der Waals surface area contributed by atoms with Gasteiger partial charge in [0, 0.05) is 31.6 Å². The summed E-state index contributed by atoms with van der Waals surface area (Å²) < 4.78 is 5.23. The number of imide groups is 1. The molecule has 1 aromatic rings. The molecule has 2 rings (SSSR count). The smallest absolute Gasteiger partial charge is 0.328 e. The second-order valence-corrected chi connectivity index (χ2v) is 4.69. The Kier molecular flexibility index (Phi) is 4.95. The van der Waals surface area contributed by atoms with E-state index in [1.165, 1.54) is 12.0 Å². The SMILES string of the molecule is COc1ccc(C(=O)NCCN)cc1N1CCC(=O)NC1=O. The van der Waals surface area contributed by atoms with Crippen LogP contribution >= 0.6 is 0 Å². The molecule has 0 bridgehead atoms. The van der Waals surface area contributed by atoms with Gasteiger partial charge in [-0.2, -0.15) is 0 Å². The Morgan fingerprint density at radius 2 is 2.23 bits per heavy atom. The topological polar surface area (TPSA) is 114 Å². The molecule has 0 spiro atoms. The van der Waals surface area contributed by atoms with Crippen molar-refractivity contribution >= 4 is 23.5 Å². The van der Waals surface area contributed by atoms with Gasteiger partial charge in [0.2, 0.25) is 5.91 Å². The predicted octanol–water partition coefficient (Wildman–Crippen LogP) is -0.170. The van der Waals surface area contributed by atoms with E-state index in [4.69, 9.17) is 10.5 Å². The van der Waals surface area contributed by atoms with Gasteiger partial charge in [-0.1, -0.05) is 0 Å². The van der Waals surface area contributed by atoms with Crippen molar-refractivity contribution in [1.82, 2.24) is 10.6 Å². The van der Waals surface area contributed by atoms with Crippen LogP contribution in [0, 0.1) is 0 Å². The van der Waals surface area contributed by atoms with E-state index in [2.05, 4.69) is 10.6 Å². The highest BCUT2D eigenvalue weighted by atomic mass is 16.5. The number of anilines is 1. The number of nitrogens with one attached hydrogen (secondary N) is 2. The highest BCUT2D eigenvalue weighted by Gasteiger charge is 2.27. The van der Waals surface area contributed by atoms with Gasteiger partial charge in [0.05, 0.1) is 12.8 Å². The summed E-state index contributed by atoms with van der Waals surface area (Å²) in [5.41, 5.74) is 6.17. The molecular weight excluding hydrogens is 288 g/mol. The summed E-state index contributed by atoms with van der Waals surface area (Å²) >= 11 is 0. The molecule has 22 heavy (non-hydrogen) atoms. The second-order valence-electron chi connectivity index (χ2n) is 4.69. The lowest BCUT2D eigenvalue weighted by atomic mass is 10.1. The zero-order chi connectivity index (χ0) is 16.1. The summed E-state index contributed by atoms with van der Waals surface area (Å²) in [6.45, 7) is 0.930. The zero-order valence-electron chi connectivity index (χ0n) is 12.2. The van der Waals surface area contributed by atoms with Crippen LogP contribution in [-0.4, -0.2) is 44.6 Å². The van der Waals surface area contributed by atoms with Crippen molar-refractivity contribution in [2.24, 2.45) is 5.73 Å². The quantitative estimate of drug-likeness (QED) is 0.699. The Bertz CT molecular complexity index is 603. The average molecular weight is 306 g/mol. The van der Waals surface area contributed by atoms with Crippen molar-refractivity contribution in [3.05, 3.63) is 23.8 Å². The molecule has 1 heterocycles. The molecule has 4 amide bonds. The first-order valence-electron chi connectivity index (χ1n) is 6.84. The van der Waals surface area contributed by atoms with Gasteiger partial charge in [-0.3, -0.25) is 19.8 Å². The minimum absolute atomic E-state index is 0.193. The molecule has 0 radical (unpaired) electrons. The van der Waals surface area contributed by atoms with E-state index in [0.29, 0.717) is 30.1 Å². The van der Waals surface area contributed by atoms with E-state index in [1.807, 2.05) is 0 Å². The lowest BCUT2D eigenvalue weighted by molar-refractivity contribution is -0.120. The highest BCUT2D eigenvalue weighted by Crippen LogP contribution is 2.30. The van der Waals surface area contributed by atoms with Crippen molar-refractivity contribution in [3.8, 4) is 5.75 Å². The molecule has 1 aliphatic rings. The molecular formula is C14H18N4O4. The van der Waals surface area contributed by atoms with Crippen molar-refractivity contribution in [1.29, 1.82) is 0 Å². The maximum absolute atomic E-state index is 12.0. The first-order valence-corrected chi connectivity index (χ1v) is 6.84. The van der Waals surface area contributed by atoms with Gasteiger partial charge < -0.3 is 15.8 Å². The third kappa shape index (κ3) is 3.34. The van der Waals surface area contributed by atoms with Gasteiger partial charge in [0.1, 0.15) is 5.75 Å². The number of carbonyl (C=O) groups excluding carboxylic acids is 3. The van der Waals surface area contributed by atoms with Gasteiger partial charge in [-0.25, -0.2) is 4.79 Å². The predicted molar refractivity (Wildman–Crippen MR) is 79.9 cm³/mol. The summed E-state index contributed by atoms with van der Waals surface area (Å²) in [5, 5.41) is 4.89. The summed E-state index contributed by atoms with van der Waals surface area (Å²) in [5.74, 6) is -0.167. The zero-order valence-corrected chi connectivity index (χ0v) is 12.2. The number of amides is 4. The van der Waals surface area contributed by atoms with E-state index in [-0.39, 0.29) is 24.8 Å². The van der Waals surface area contributed by atoms with Crippen molar-refractivity contribution < 1.29 is 19.1 Å². The fraction of sp³-hybridized carbons (Fsp3) is 0.357. The molecule has 1 fully saturated rings. The Labute approximate surface area is 127 Å². The van der Waals surface area contributed by atoms with Gasteiger partial charge in [0.15, 0.2) is 0 Å². The van der Waals surface area contributed by atoms with Gasteiger partial charge in [-0.15, -0.1) is 0 Å². The number of carbonyl (C=O) groups is 3. The number of nitrogens with two attached hydrogens (primary N) is 1. The van der Waals surface area contributed by atoms with Crippen LogP contribution in [0.2, 0.25) is 0 Å². The van der Waals surface area contributed by atoms with Crippen LogP contribution in [0.1, 0.15) is 16.8 Å². The van der Waals surface area contributed by atoms with Crippen LogP contribution in [0.4, 0.5) is 10.5 Å². The van der Waals surface area contributed by atoms with Crippen LogP contribution < -0.4 is 26.0 Å². The summed E-state index contributed by atoms with van der Waals surface area (Å²) in [7, 11) is 1.47. The van der Waals surface area contributed by atoms with Crippen molar-refractivity contribution in [2.45, 2.75) is 6.42 Å². The Morgan fingerprint density at radius 3 is 2.86 bits per heavy atom. The molecule has 0 aromatic heterocycles. The second kappa shape index (κ2) is 6.90. The van der Waals surface area contributed by atoms with E-state index in [9.17, 15) is 14.4 Å². The fourth-order valence-corrected chi connectivity index (χ4v) is 2.12. The third-order valence-corrected chi connectivity index (χ3v) is 3.22. The minimum atomic E-state index is -0.533. The first kappa shape index (κ1) is 15.8. The lowest BCUT2D eigenvalue weighted by Gasteiger charge is -2.28. The van der Waals surface area contributed by atoms with E-state index in [0.717, 1.165) is 0 Å². The first-order chi connectivity index (χ1) is 10.6. The summed E-state index contributed by atoms with van der Waals surface area (Å²) in [6, 6.07) is 4.23. The van der Waals surface area contributed by atoms with Crippen LogP contribution in [0.25, 0.3) is 0 Å². The number of hydrogen-bond acceptors (Lipinski definition) is 5. The Morgan fingerprint density at radius 1 is 1.45 bits per heavy atom. The van der Waals surface area contributed by atoms with Gasteiger partial charge in [0.25, 0.3) is 5.91 Å². The molecule has 0 aliphatic carbocycles. The molecule has 0 atom stereocenters. The fourth-order valence-electron chi connectivity index (χ4n) is 2.12. The monoisotopic (exact) mass is 306 g/mol. The van der Waals surface area contributed by atoms with Gasteiger partial charge >= 0.3 is 6.03 Å². The third-order valence-electron chi connectivity index (χ3n) is 3.22. The maximum atomic E-state index is 12.0. The largest absolute Gasteiger partial charge is 0.495 e. The molecule has 0 saturated carbocycles. The number of benzene rings is 1. The highest BCUT2D eigenvalue weighted by molar-refractivity contribution is 6.07. The molecule has 8 heteroatoms. The summed E-state index contributed by atoms with van der Waals surface area (Å²) in [4.78, 5) is 36.5. The van der Waals surface area contributed by atoms with Crippen molar-refractivity contribution in [3.63, 3.8) is 0 Å². The standard InChI is InChI=1S/C14H18N4O4/c1-22-11-3-2-9(13(20)16-6-5-15)8-10(11)18-7-4-12(19)17-14(18)21/h2-3,8H,4-7,15H2,1H3,(H,16,20)(H,17,19,21). The minimum Gasteiger partial charge on any atom is -0.495 e. The van der Waals surface area contributed by atoms with E-state index >= 15 is 0 Å². The van der Waals surface area contributed by atoms with Crippen LogP contribution in [0.15, 0.2) is 18.2 Å². The normalized spacial score (nSPS) is 14.5. The molecule has 4 N–H and O–H groups in total.